The number of halogens is 1. The van der Waals surface area contributed by atoms with E-state index in [2.05, 4.69) is 5.32 Å². The highest BCUT2D eigenvalue weighted by atomic mass is 35.5. The Balaban J connectivity index is 1.94. The first-order chi connectivity index (χ1) is 11.5. The zero-order chi connectivity index (χ0) is 17.3. The standard InChI is InChI=1S/C19H19ClN2O2/c1-12-8-9-15(20)16-17(21-13(2)23)19(24)22(18(12)16)11-10-14-6-4-3-5-7-14/h3-9,17H,10-11H2,1-2H3,(H,21,23)/t17-/m1/s1. The van der Waals surface area contributed by atoms with Crippen LogP contribution in [-0.2, 0) is 16.0 Å². The molecule has 2 amide bonds. The van der Waals surface area contributed by atoms with Gasteiger partial charge in [0.2, 0.25) is 5.91 Å². The van der Waals surface area contributed by atoms with Crippen molar-refractivity contribution in [2.75, 3.05) is 11.4 Å². The summed E-state index contributed by atoms with van der Waals surface area (Å²) in [6.07, 6.45) is 0.741. The molecule has 1 atom stereocenters. The molecule has 0 aliphatic carbocycles. The zero-order valence-electron chi connectivity index (χ0n) is 13.7. The molecule has 2 aromatic rings. The van der Waals surface area contributed by atoms with Crippen molar-refractivity contribution in [3.8, 4) is 0 Å². The number of fused-ring (bicyclic) bond motifs is 1. The Kier molecular flexibility index (Phi) is 4.58. The van der Waals surface area contributed by atoms with Gasteiger partial charge in [0.15, 0.2) is 0 Å². The number of nitrogens with one attached hydrogen (secondary N) is 1. The number of nitrogens with zero attached hydrogens (tertiary/aromatic N) is 1. The second-order valence-electron chi connectivity index (χ2n) is 5.99. The molecule has 1 aliphatic heterocycles. The van der Waals surface area contributed by atoms with Gasteiger partial charge < -0.3 is 10.2 Å². The molecule has 24 heavy (non-hydrogen) atoms. The number of carbonyl (C=O) groups excluding carboxylic acids is 2. The molecule has 3 rings (SSSR count). The van der Waals surface area contributed by atoms with Crippen molar-refractivity contribution in [3.05, 3.63) is 64.2 Å². The molecule has 124 valence electrons. The van der Waals surface area contributed by atoms with Crippen LogP contribution < -0.4 is 10.2 Å². The molecule has 2 aromatic carbocycles. The Bertz CT molecular complexity index is 789. The maximum Gasteiger partial charge on any atom is 0.254 e. The number of carbonyl (C=O) groups is 2. The first-order valence-electron chi connectivity index (χ1n) is 7.90. The minimum Gasteiger partial charge on any atom is -0.341 e. The quantitative estimate of drug-likeness (QED) is 0.925. The summed E-state index contributed by atoms with van der Waals surface area (Å²) in [6, 6.07) is 13.0. The maximum absolute atomic E-state index is 12.9. The lowest BCUT2D eigenvalue weighted by Crippen LogP contribution is -2.37. The molecule has 0 radical (unpaired) electrons. The summed E-state index contributed by atoms with van der Waals surface area (Å²) in [5.74, 6) is -0.380. The molecule has 0 fully saturated rings. The lowest BCUT2D eigenvalue weighted by atomic mass is 10.0. The van der Waals surface area contributed by atoms with Crippen LogP contribution >= 0.6 is 11.6 Å². The van der Waals surface area contributed by atoms with Gasteiger partial charge in [-0.05, 0) is 30.5 Å². The summed E-state index contributed by atoms with van der Waals surface area (Å²) in [5, 5.41) is 3.23. The van der Waals surface area contributed by atoms with Gasteiger partial charge in [-0.3, -0.25) is 9.59 Å². The van der Waals surface area contributed by atoms with Gasteiger partial charge in [0.05, 0.1) is 5.69 Å². The summed E-state index contributed by atoms with van der Waals surface area (Å²) in [6.45, 7) is 3.91. The van der Waals surface area contributed by atoms with E-state index in [0.29, 0.717) is 17.1 Å². The van der Waals surface area contributed by atoms with Gasteiger partial charge >= 0.3 is 0 Å². The van der Waals surface area contributed by atoms with Crippen molar-refractivity contribution in [2.24, 2.45) is 0 Å². The average Bonchev–Trinajstić information content (AvgIpc) is 2.83. The van der Waals surface area contributed by atoms with Crippen LogP contribution in [0.25, 0.3) is 0 Å². The summed E-state index contributed by atoms with van der Waals surface area (Å²) in [7, 11) is 0. The third-order valence-electron chi connectivity index (χ3n) is 4.25. The molecule has 0 spiro atoms. The number of anilines is 1. The van der Waals surface area contributed by atoms with Gasteiger partial charge in [0, 0.05) is 24.1 Å². The Morgan fingerprint density at radius 3 is 2.58 bits per heavy atom. The zero-order valence-corrected chi connectivity index (χ0v) is 14.4. The minimum atomic E-state index is -0.708. The number of hydrogen-bond donors (Lipinski definition) is 1. The van der Waals surface area contributed by atoms with E-state index in [1.54, 1.807) is 11.0 Å². The third kappa shape index (κ3) is 3.02. The monoisotopic (exact) mass is 342 g/mol. The second-order valence-corrected chi connectivity index (χ2v) is 6.39. The topological polar surface area (TPSA) is 49.4 Å². The molecule has 0 saturated heterocycles. The number of benzene rings is 2. The lowest BCUT2D eigenvalue weighted by molar-refractivity contribution is -0.126. The highest BCUT2D eigenvalue weighted by Crippen LogP contribution is 2.42. The molecule has 5 heteroatoms. The van der Waals surface area contributed by atoms with Gasteiger partial charge in [-0.1, -0.05) is 48.0 Å². The molecule has 1 N–H and O–H groups in total. The normalized spacial score (nSPS) is 16.2. The summed E-state index contributed by atoms with van der Waals surface area (Å²) in [4.78, 5) is 26.1. The van der Waals surface area contributed by atoms with Gasteiger partial charge in [0.25, 0.3) is 5.91 Å². The van der Waals surface area contributed by atoms with E-state index in [0.717, 1.165) is 23.2 Å². The van der Waals surface area contributed by atoms with Crippen molar-refractivity contribution in [2.45, 2.75) is 26.3 Å². The maximum atomic E-state index is 12.9. The molecule has 0 bridgehead atoms. The first-order valence-corrected chi connectivity index (χ1v) is 8.28. The lowest BCUT2D eigenvalue weighted by Gasteiger charge is -2.19. The molecule has 4 nitrogen and oxygen atoms in total. The Hall–Kier alpha value is -2.33. The number of amides is 2. The Labute approximate surface area is 146 Å². The summed E-state index contributed by atoms with van der Waals surface area (Å²) < 4.78 is 0. The number of aryl methyl sites for hydroxylation is 1. The van der Waals surface area contributed by atoms with Gasteiger partial charge in [0.1, 0.15) is 6.04 Å². The summed E-state index contributed by atoms with van der Waals surface area (Å²) >= 11 is 6.34. The van der Waals surface area contributed by atoms with Crippen LogP contribution in [0, 0.1) is 6.92 Å². The molecular formula is C19H19ClN2O2. The molecule has 1 heterocycles. The van der Waals surface area contributed by atoms with Crippen molar-refractivity contribution in [1.82, 2.24) is 5.32 Å². The van der Waals surface area contributed by atoms with E-state index in [1.807, 2.05) is 43.3 Å². The highest BCUT2D eigenvalue weighted by Gasteiger charge is 2.40. The van der Waals surface area contributed by atoms with E-state index in [-0.39, 0.29) is 11.8 Å². The van der Waals surface area contributed by atoms with E-state index in [9.17, 15) is 9.59 Å². The first kappa shape index (κ1) is 16.5. The molecule has 0 unspecified atom stereocenters. The fourth-order valence-corrected chi connectivity index (χ4v) is 3.42. The fourth-order valence-electron chi connectivity index (χ4n) is 3.16. The smallest absolute Gasteiger partial charge is 0.254 e. The third-order valence-corrected chi connectivity index (χ3v) is 4.58. The predicted molar refractivity (Wildman–Crippen MR) is 95.2 cm³/mol. The highest BCUT2D eigenvalue weighted by molar-refractivity contribution is 6.33. The van der Waals surface area contributed by atoms with Gasteiger partial charge in [-0.15, -0.1) is 0 Å². The van der Waals surface area contributed by atoms with Crippen LogP contribution in [0.4, 0.5) is 5.69 Å². The molecule has 0 saturated carbocycles. The SMILES string of the molecule is CC(=O)N[C@H]1C(=O)N(CCc2ccccc2)c2c(C)ccc(Cl)c21. The molecule has 1 aliphatic rings. The Morgan fingerprint density at radius 1 is 1.21 bits per heavy atom. The van der Waals surface area contributed by atoms with E-state index in [4.69, 9.17) is 11.6 Å². The van der Waals surface area contributed by atoms with Crippen LogP contribution in [0.2, 0.25) is 5.02 Å². The fraction of sp³-hybridized carbons (Fsp3) is 0.263. The van der Waals surface area contributed by atoms with Gasteiger partial charge in [-0.25, -0.2) is 0 Å². The van der Waals surface area contributed by atoms with E-state index < -0.39 is 6.04 Å². The average molecular weight is 343 g/mol. The molecular weight excluding hydrogens is 324 g/mol. The van der Waals surface area contributed by atoms with Crippen LogP contribution in [0.15, 0.2) is 42.5 Å². The van der Waals surface area contributed by atoms with Crippen LogP contribution in [-0.4, -0.2) is 18.4 Å². The van der Waals surface area contributed by atoms with Crippen molar-refractivity contribution < 1.29 is 9.59 Å². The Morgan fingerprint density at radius 2 is 1.92 bits per heavy atom. The van der Waals surface area contributed by atoms with Crippen molar-refractivity contribution in [3.63, 3.8) is 0 Å². The van der Waals surface area contributed by atoms with E-state index >= 15 is 0 Å². The van der Waals surface area contributed by atoms with E-state index in [1.165, 1.54) is 6.92 Å². The predicted octanol–water partition coefficient (Wildman–Crippen LogP) is 3.41. The van der Waals surface area contributed by atoms with Crippen molar-refractivity contribution >= 4 is 29.1 Å². The molecule has 0 aromatic heterocycles. The second kappa shape index (κ2) is 6.65. The largest absolute Gasteiger partial charge is 0.341 e. The minimum absolute atomic E-state index is 0.132. The number of rotatable bonds is 4. The summed E-state index contributed by atoms with van der Waals surface area (Å²) in [5.41, 5.74) is 3.66. The van der Waals surface area contributed by atoms with Crippen LogP contribution in [0.3, 0.4) is 0 Å². The van der Waals surface area contributed by atoms with Gasteiger partial charge in [-0.2, -0.15) is 0 Å². The number of hydrogen-bond acceptors (Lipinski definition) is 2. The van der Waals surface area contributed by atoms with Crippen LogP contribution in [0.5, 0.6) is 0 Å². The van der Waals surface area contributed by atoms with Crippen LogP contribution in [0.1, 0.15) is 29.7 Å². The van der Waals surface area contributed by atoms with Crippen molar-refractivity contribution in [1.29, 1.82) is 0 Å².